The fourth-order valence-electron chi connectivity index (χ4n) is 1.88. The lowest BCUT2D eigenvalue weighted by Gasteiger charge is -2.14. The van der Waals surface area contributed by atoms with Crippen molar-refractivity contribution in [3.8, 4) is 5.75 Å². The molecular weight excluding hydrogens is 300 g/mol. The molecule has 0 spiro atoms. The van der Waals surface area contributed by atoms with Crippen LogP contribution in [0.3, 0.4) is 0 Å². The third-order valence-corrected chi connectivity index (χ3v) is 3.22. The first kappa shape index (κ1) is 15.1. The van der Waals surface area contributed by atoms with Gasteiger partial charge in [0.2, 0.25) is 0 Å². The van der Waals surface area contributed by atoms with Gasteiger partial charge in [-0.05, 0) is 36.9 Å². The number of rotatable bonds is 5. The van der Waals surface area contributed by atoms with Gasteiger partial charge in [-0.25, -0.2) is 4.39 Å². The lowest BCUT2D eigenvalue weighted by atomic mass is 10.2. The van der Waals surface area contributed by atoms with Crippen molar-refractivity contribution in [3.05, 3.63) is 63.4 Å². The van der Waals surface area contributed by atoms with E-state index in [2.05, 4.69) is 5.32 Å². The lowest BCUT2D eigenvalue weighted by Crippen LogP contribution is -2.08. The van der Waals surface area contributed by atoms with Gasteiger partial charge in [-0.15, -0.1) is 0 Å². The Hall–Kier alpha value is -1.29. The highest BCUT2D eigenvalue weighted by Gasteiger charge is 2.10. The van der Waals surface area contributed by atoms with E-state index in [1.807, 2.05) is 7.05 Å². The van der Waals surface area contributed by atoms with Crippen molar-refractivity contribution in [3.63, 3.8) is 0 Å². The third-order valence-electron chi connectivity index (χ3n) is 2.72. The highest BCUT2D eigenvalue weighted by atomic mass is 35.5. The SMILES string of the molecule is CNCc1cc(Cl)cc(Cl)c1OCc1cccc(F)c1. The van der Waals surface area contributed by atoms with Gasteiger partial charge in [0, 0.05) is 17.1 Å². The molecule has 1 N–H and O–H groups in total. The topological polar surface area (TPSA) is 21.3 Å². The van der Waals surface area contributed by atoms with Gasteiger partial charge in [-0.2, -0.15) is 0 Å². The van der Waals surface area contributed by atoms with Crippen LogP contribution >= 0.6 is 23.2 Å². The molecule has 0 saturated heterocycles. The zero-order chi connectivity index (χ0) is 14.5. The van der Waals surface area contributed by atoms with Crippen LogP contribution in [0.25, 0.3) is 0 Å². The molecule has 0 amide bonds. The van der Waals surface area contributed by atoms with Gasteiger partial charge in [0.15, 0.2) is 0 Å². The highest BCUT2D eigenvalue weighted by molar-refractivity contribution is 6.35. The molecule has 20 heavy (non-hydrogen) atoms. The zero-order valence-corrected chi connectivity index (χ0v) is 12.4. The van der Waals surface area contributed by atoms with Gasteiger partial charge in [-0.1, -0.05) is 35.3 Å². The first-order chi connectivity index (χ1) is 9.60. The normalized spacial score (nSPS) is 10.6. The molecule has 0 aliphatic rings. The number of hydrogen-bond acceptors (Lipinski definition) is 2. The van der Waals surface area contributed by atoms with Crippen molar-refractivity contribution in [2.45, 2.75) is 13.2 Å². The molecule has 0 aliphatic carbocycles. The third kappa shape index (κ3) is 3.85. The van der Waals surface area contributed by atoms with E-state index in [9.17, 15) is 4.39 Å². The number of hydrogen-bond donors (Lipinski definition) is 1. The van der Waals surface area contributed by atoms with Crippen molar-refractivity contribution in [1.29, 1.82) is 0 Å². The second-order valence-corrected chi connectivity index (χ2v) is 5.17. The summed E-state index contributed by atoms with van der Waals surface area (Å²) in [7, 11) is 1.82. The van der Waals surface area contributed by atoms with Crippen LogP contribution in [0.2, 0.25) is 10.0 Å². The molecule has 0 bridgehead atoms. The number of benzene rings is 2. The summed E-state index contributed by atoms with van der Waals surface area (Å²) in [6.45, 7) is 0.828. The van der Waals surface area contributed by atoms with Gasteiger partial charge in [0.05, 0.1) is 5.02 Å². The molecule has 0 saturated carbocycles. The molecule has 0 heterocycles. The minimum absolute atomic E-state index is 0.246. The average Bonchev–Trinajstić information content (AvgIpc) is 2.38. The molecule has 2 aromatic rings. The van der Waals surface area contributed by atoms with Crippen LogP contribution in [0.4, 0.5) is 4.39 Å². The molecule has 0 fully saturated rings. The van der Waals surface area contributed by atoms with Crippen molar-refractivity contribution in [2.75, 3.05) is 7.05 Å². The van der Waals surface area contributed by atoms with E-state index in [0.717, 1.165) is 11.1 Å². The number of halogens is 3. The Labute approximate surface area is 127 Å². The summed E-state index contributed by atoms with van der Waals surface area (Å²) in [4.78, 5) is 0. The van der Waals surface area contributed by atoms with Crippen LogP contribution in [0.5, 0.6) is 5.75 Å². The van der Waals surface area contributed by atoms with E-state index in [0.29, 0.717) is 22.3 Å². The standard InChI is InChI=1S/C15H14Cl2FNO/c1-19-8-11-6-12(16)7-14(17)15(11)20-9-10-3-2-4-13(18)5-10/h2-7,19H,8-9H2,1H3. The predicted octanol–water partition coefficient (Wildman–Crippen LogP) is 4.43. The summed E-state index contributed by atoms with van der Waals surface area (Å²) in [5.74, 6) is 0.276. The minimum Gasteiger partial charge on any atom is -0.487 e. The van der Waals surface area contributed by atoms with Crippen LogP contribution < -0.4 is 10.1 Å². The van der Waals surface area contributed by atoms with Crippen molar-refractivity contribution in [1.82, 2.24) is 5.32 Å². The number of nitrogens with one attached hydrogen (secondary N) is 1. The Morgan fingerprint density at radius 2 is 2.00 bits per heavy atom. The molecule has 2 aromatic carbocycles. The van der Waals surface area contributed by atoms with E-state index < -0.39 is 0 Å². The largest absolute Gasteiger partial charge is 0.487 e. The summed E-state index contributed by atoms with van der Waals surface area (Å²) in [6.07, 6.45) is 0. The van der Waals surface area contributed by atoms with E-state index in [1.54, 1.807) is 24.3 Å². The van der Waals surface area contributed by atoms with Crippen LogP contribution in [0, 0.1) is 5.82 Å². The maximum absolute atomic E-state index is 13.1. The average molecular weight is 314 g/mol. The minimum atomic E-state index is -0.288. The van der Waals surface area contributed by atoms with Crippen molar-refractivity contribution < 1.29 is 9.13 Å². The van der Waals surface area contributed by atoms with Crippen molar-refractivity contribution in [2.24, 2.45) is 0 Å². The maximum Gasteiger partial charge on any atom is 0.142 e. The zero-order valence-electron chi connectivity index (χ0n) is 10.9. The van der Waals surface area contributed by atoms with E-state index in [-0.39, 0.29) is 12.4 Å². The molecule has 2 nitrogen and oxygen atoms in total. The molecule has 5 heteroatoms. The van der Waals surface area contributed by atoms with E-state index >= 15 is 0 Å². The summed E-state index contributed by atoms with van der Waals surface area (Å²) >= 11 is 12.1. The van der Waals surface area contributed by atoms with Gasteiger partial charge in [-0.3, -0.25) is 0 Å². The molecule has 0 unspecified atom stereocenters. The summed E-state index contributed by atoms with van der Waals surface area (Å²) < 4.78 is 18.8. The van der Waals surface area contributed by atoms with Crippen LogP contribution in [-0.4, -0.2) is 7.05 Å². The monoisotopic (exact) mass is 313 g/mol. The summed E-state index contributed by atoms with van der Waals surface area (Å²) in [6, 6.07) is 9.69. The molecule has 0 atom stereocenters. The molecule has 0 radical (unpaired) electrons. The van der Waals surface area contributed by atoms with Gasteiger partial charge < -0.3 is 10.1 Å². The molecule has 0 aliphatic heterocycles. The Morgan fingerprint density at radius 1 is 1.20 bits per heavy atom. The van der Waals surface area contributed by atoms with Gasteiger partial charge >= 0.3 is 0 Å². The Bertz CT molecular complexity index is 604. The highest BCUT2D eigenvalue weighted by Crippen LogP contribution is 2.33. The Morgan fingerprint density at radius 3 is 2.70 bits per heavy atom. The maximum atomic E-state index is 13.1. The second-order valence-electron chi connectivity index (χ2n) is 4.32. The van der Waals surface area contributed by atoms with Crippen LogP contribution in [0.15, 0.2) is 36.4 Å². The lowest BCUT2D eigenvalue weighted by molar-refractivity contribution is 0.302. The Balaban J connectivity index is 2.20. The summed E-state index contributed by atoms with van der Waals surface area (Å²) in [5, 5.41) is 4.03. The predicted molar refractivity (Wildman–Crippen MR) is 80.0 cm³/mol. The van der Waals surface area contributed by atoms with Gasteiger partial charge in [0.1, 0.15) is 18.2 Å². The Kier molecular flexibility index (Phi) is 5.24. The quantitative estimate of drug-likeness (QED) is 0.881. The molecule has 2 rings (SSSR count). The van der Waals surface area contributed by atoms with Crippen molar-refractivity contribution >= 4 is 23.2 Å². The second kappa shape index (κ2) is 6.93. The van der Waals surface area contributed by atoms with Gasteiger partial charge in [0.25, 0.3) is 0 Å². The molecule has 0 aromatic heterocycles. The van der Waals surface area contributed by atoms with E-state index in [4.69, 9.17) is 27.9 Å². The number of ether oxygens (including phenoxy) is 1. The van der Waals surface area contributed by atoms with E-state index in [1.165, 1.54) is 12.1 Å². The van der Waals surface area contributed by atoms with Crippen LogP contribution in [-0.2, 0) is 13.2 Å². The summed E-state index contributed by atoms with van der Waals surface area (Å²) in [5.41, 5.74) is 1.60. The molecular formula is C15H14Cl2FNO. The van der Waals surface area contributed by atoms with Crippen LogP contribution in [0.1, 0.15) is 11.1 Å². The fraction of sp³-hybridized carbons (Fsp3) is 0.200. The molecule has 106 valence electrons. The first-order valence-corrected chi connectivity index (χ1v) is 6.85. The fourth-order valence-corrected chi connectivity index (χ4v) is 2.47. The first-order valence-electron chi connectivity index (χ1n) is 6.10. The smallest absolute Gasteiger partial charge is 0.142 e.